The van der Waals surface area contributed by atoms with Gasteiger partial charge in [0.1, 0.15) is 18.0 Å². The van der Waals surface area contributed by atoms with Crippen LogP contribution in [0.3, 0.4) is 0 Å². The number of nitro benzene ring substituents is 1. The minimum Gasteiger partial charge on any atom is -0.485 e. The summed E-state index contributed by atoms with van der Waals surface area (Å²) in [6.07, 6.45) is 0.379. The van der Waals surface area contributed by atoms with E-state index in [2.05, 4.69) is 31.9 Å². The SMILES string of the molecule is CCOC1C(Cl)CC1Oc1c(Br)cc([N+](=O)[O-])cc1Br. The molecule has 5 nitrogen and oxygen atoms in total. The Labute approximate surface area is 138 Å². The summed E-state index contributed by atoms with van der Waals surface area (Å²) in [6, 6.07) is 2.82. The highest BCUT2D eigenvalue weighted by Crippen LogP contribution is 2.41. The third-order valence-corrected chi connectivity index (χ3v) is 4.61. The number of alkyl halides is 1. The fourth-order valence-electron chi connectivity index (χ4n) is 1.96. The fraction of sp³-hybridized carbons (Fsp3) is 0.500. The van der Waals surface area contributed by atoms with Crippen molar-refractivity contribution in [1.82, 2.24) is 0 Å². The summed E-state index contributed by atoms with van der Waals surface area (Å²) in [4.78, 5) is 10.3. The first-order chi connectivity index (χ1) is 9.43. The second-order valence-electron chi connectivity index (χ2n) is 4.32. The van der Waals surface area contributed by atoms with Crippen LogP contribution in [0, 0.1) is 10.1 Å². The fourth-order valence-corrected chi connectivity index (χ4v) is 3.72. The lowest BCUT2D eigenvalue weighted by Crippen LogP contribution is -2.52. The quantitative estimate of drug-likeness (QED) is 0.398. The molecule has 1 aromatic carbocycles. The molecule has 1 aliphatic rings. The summed E-state index contributed by atoms with van der Waals surface area (Å²) >= 11 is 12.7. The second kappa shape index (κ2) is 6.60. The van der Waals surface area contributed by atoms with Crippen LogP contribution in [-0.2, 0) is 4.74 Å². The highest BCUT2D eigenvalue weighted by atomic mass is 79.9. The number of rotatable bonds is 5. The average Bonchev–Trinajstić information content (AvgIpc) is 2.38. The number of non-ortho nitro benzene ring substituents is 1. The maximum Gasteiger partial charge on any atom is 0.271 e. The molecule has 8 heteroatoms. The molecule has 0 spiro atoms. The lowest BCUT2D eigenvalue weighted by atomic mass is 9.91. The molecule has 3 atom stereocenters. The van der Waals surface area contributed by atoms with E-state index in [0.29, 0.717) is 27.7 Å². The van der Waals surface area contributed by atoms with Crippen molar-refractivity contribution < 1.29 is 14.4 Å². The third-order valence-electron chi connectivity index (χ3n) is 3.00. The largest absolute Gasteiger partial charge is 0.485 e. The number of hydrogen-bond acceptors (Lipinski definition) is 4. The van der Waals surface area contributed by atoms with Gasteiger partial charge < -0.3 is 9.47 Å². The van der Waals surface area contributed by atoms with Crippen molar-refractivity contribution in [2.75, 3.05) is 6.61 Å². The van der Waals surface area contributed by atoms with E-state index in [1.54, 1.807) is 0 Å². The Hall–Kier alpha value is -0.370. The Morgan fingerprint density at radius 1 is 1.45 bits per heavy atom. The summed E-state index contributed by atoms with van der Waals surface area (Å²) in [5.41, 5.74) is -0.0127. The van der Waals surface area contributed by atoms with Crippen LogP contribution in [0.15, 0.2) is 21.1 Å². The van der Waals surface area contributed by atoms with Crippen LogP contribution in [0.5, 0.6) is 5.75 Å². The van der Waals surface area contributed by atoms with E-state index in [4.69, 9.17) is 21.1 Å². The minimum atomic E-state index is -0.458. The highest BCUT2D eigenvalue weighted by Gasteiger charge is 2.43. The molecule has 0 amide bonds. The van der Waals surface area contributed by atoms with Crippen molar-refractivity contribution in [3.63, 3.8) is 0 Å². The summed E-state index contributed by atoms with van der Waals surface area (Å²) in [6.45, 7) is 2.47. The van der Waals surface area contributed by atoms with Gasteiger partial charge in [0.2, 0.25) is 0 Å². The summed E-state index contributed by atoms with van der Waals surface area (Å²) in [7, 11) is 0. The molecule has 0 radical (unpaired) electrons. The van der Waals surface area contributed by atoms with Crippen LogP contribution in [0.25, 0.3) is 0 Å². The van der Waals surface area contributed by atoms with Crippen LogP contribution < -0.4 is 4.74 Å². The van der Waals surface area contributed by atoms with Crippen molar-refractivity contribution in [1.29, 1.82) is 0 Å². The molecule has 0 aliphatic heterocycles. The summed E-state index contributed by atoms with van der Waals surface area (Å²) in [5.74, 6) is 0.522. The predicted molar refractivity (Wildman–Crippen MR) is 82.6 cm³/mol. The Balaban J connectivity index is 2.16. The van der Waals surface area contributed by atoms with Gasteiger partial charge in [0.05, 0.1) is 19.2 Å². The summed E-state index contributed by atoms with van der Waals surface area (Å²) < 4.78 is 12.4. The Bertz CT molecular complexity index is 505. The number of ether oxygens (including phenoxy) is 2. The highest BCUT2D eigenvalue weighted by molar-refractivity contribution is 9.11. The summed E-state index contributed by atoms with van der Waals surface area (Å²) in [5, 5.41) is 10.7. The molecule has 0 heterocycles. The molecule has 1 aromatic rings. The van der Waals surface area contributed by atoms with E-state index in [1.165, 1.54) is 12.1 Å². The smallest absolute Gasteiger partial charge is 0.271 e. The molecule has 0 saturated heterocycles. The van der Waals surface area contributed by atoms with Crippen LogP contribution in [0.2, 0.25) is 0 Å². The van der Waals surface area contributed by atoms with Gasteiger partial charge in [0.25, 0.3) is 5.69 Å². The molecular formula is C12H12Br2ClNO4. The van der Waals surface area contributed by atoms with E-state index in [1.807, 2.05) is 6.92 Å². The van der Waals surface area contributed by atoms with Crippen molar-refractivity contribution in [2.45, 2.75) is 30.9 Å². The standard InChI is InChI=1S/C12H12Br2ClNO4/c1-2-19-12-9(15)5-10(12)20-11-7(13)3-6(16(17)18)4-8(11)14/h3-4,9-10,12H,2,5H2,1H3. The van der Waals surface area contributed by atoms with Gasteiger partial charge in [-0.1, -0.05) is 0 Å². The number of halogens is 3. The van der Waals surface area contributed by atoms with Crippen molar-refractivity contribution in [3.8, 4) is 5.75 Å². The van der Waals surface area contributed by atoms with Gasteiger partial charge in [-0.3, -0.25) is 10.1 Å². The topological polar surface area (TPSA) is 61.6 Å². The van der Waals surface area contributed by atoms with Crippen molar-refractivity contribution in [3.05, 3.63) is 31.2 Å². The number of nitro groups is 1. The van der Waals surface area contributed by atoms with E-state index in [0.717, 1.165) is 0 Å². The molecule has 1 aliphatic carbocycles. The maximum absolute atomic E-state index is 10.8. The van der Waals surface area contributed by atoms with E-state index >= 15 is 0 Å². The molecule has 110 valence electrons. The molecule has 0 N–H and O–H groups in total. The monoisotopic (exact) mass is 427 g/mol. The van der Waals surface area contributed by atoms with Gasteiger partial charge in [0.15, 0.2) is 0 Å². The first-order valence-electron chi connectivity index (χ1n) is 5.99. The third kappa shape index (κ3) is 3.27. The van der Waals surface area contributed by atoms with Gasteiger partial charge in [-0.15, -0.1) is 11.6 Å². The van der Waals surface area contributed by atoms with Gasteiger partial charge in [0, 0.05) is 25.2 Å². The average molecular weight is 429 g/mol. The van der Waals surface area contributed by atoms with Gasteiger partial charge >= 0.3 is 0 Å². The Kier molecular flexibility index (Phi) is 5.28. The Morgan fingerprint density at radius 3 is 2.50 bits per heavy atom. The van der Waals surface area contributed by atoms with E-state index < -0.39 is 4.92 Å². The first kappa shape index (κ1) is 16.0. The molecule has 0 bridgehead atoms. The molecule has 3 unspecified atom stereocenters. The lowest BCUT2D eigenvalue weighted by molar-refractivity contribution is -0.385. The van der Waals surface area contributed by atoms with Crippen LogP contribution in [0.4, 0.5) is 5.69 Å². The number of nitrogens with zero attached hydrogens (tertiary/aromatic N) is 1. The van der Waals surface area contributed by atoms with Gasteiger partial charge in [-0.05, 0) is 38.8 Å². The van der Waals surface area contributed by atoms with Gasteiger partial charge in [-0.25, -0.2) is 0 Å². The van der Waals surface area contributed by atoms with Gasteiger partial charge in [-0.2, -0.15) is 0 Å². The number of benzene rings is 1. The lowest BCUT2D eigenvalue weighted by Gasteiger charge is -2.40. The maximum atomic E-state index is 10.8. The predicted octanol–water partition coefficient (Wildman–Crippen LogP) is 4.28. The van der Waals surface area contributed by atoms with E-state index in [-0.39, 0.29) is 23.3 Å². The zero-order chi connectivity index (χ0) is 14.9. The molecule has 1 saturated carbocycles. The molecular weight excluding hydrogens is 417 g/mol. The van der Waals surface area contributed by atoms with Crippen LogP contribution >= 0.6 is 43.5 Å². The van der Waals surface area contributed by atoms with Crippen molar-refractivity contribution in [2.24, 2.45) is 0 Å². The first-order valence-corrected chi connectivity index (χ1v) is 8.02. The zero-order valence-electron chi connectivity index (χ0n) is 10.5. The zero-order valence-corrected chi connectivity index (χ0v) is 14.4. The van der Waals surface area contributed by atoms with Crippen LogP contribution in [-0.4, -0.2) is 29.1 Å². The van der Waals surface area contributed by atoms with E-state index in [9.17, 15) is 10.1 Å². The normalized spacial score (nSPS) is 25.1. The second-order valence-corrected chi connectivity index (χ2v) is 6.59. The molecule has 1 fully saturated rings. The molecule has 2 rings (SSSR count). The minimum absolute atomic E-state index is 0.0127. The van der Waals surface area contributed by atoms with Crippen LogP contribution in [0.1, 0.15) is 13.3 Å². The molecule has 0 aromatic heterocycles. The number of hydrogen-bond donors (Lipinski definition) is 0. The Morgan fingerprint density at radius 2 is 2.05 bits per heavy atom. The molecule has 20 heavy (non-hydrogen) atoms. The van der Waals surface area contributed by atoms with Crippen molar-refractivity contribution >= 4 is 49.1 Å².